The number of rotatable bonds is 4. The Morgan fingerprint density at radius 3 is 2.27 bits per heavy atom. The monoisotopic (exact) mass is 324 g/mol. The molecule has 2 aromatic rings. The zero-order valence-corrected chi connectivity index (χ0v) is 12.7. The van der Waals surface area contributed by atoms with Crippen LogP contribution in [0.1, 0.15) is 30.4 Å². The minimum Gasteiger partial charge on any atom is -0.508 e. The number of aromatic hydroxyl groups is 3. The van der Waals surface area contributed by atoms with E-state index in [0.29, 0.717) is 12.0 Å². The van der Waals surface area contributed by atoms with Crippen molar-refractivity contribution >= 4 is 12.9 Å². The van der Waals surface area contributed by atoms with Crippen LogP contribution in [0.2, 0.25) is 0 Å². The molecule has 0 aromatic heterocycles. The molecular weight excluding hydrogens is 307 g/mol. The van der Waals surface area contributed by atoms with Gasteiger partial charge in [0.15, 0.2) is 0 Å². The summed E-state index contributed by atoms with van der Waals surface area (Å²) >= 11 is 0. The zero-order valence-electron chi connectivity index (χ0n) is 11.8. The van der Waals surface area contributed by atoms with E-state index in [-0.39, 0.29) is 11.3 Å². The lowest BCUT2D eigenvalue weighted by Crippen LogP contribution is -2.16. The van der Waals surface area contributed by atoms with E-state index >= 15 is 0 Å². The lowest BCUT2D eigenvalue weighted by atomic mass is 9.88. The normalized spacial score (nSPS) is 13.0. The molecule has 0 bridgehead atoms. The van der Waals surface area contributed by atoms with Crippen molar-refractivity contribution in [3.8, 4) is 17.2 Å². The number of phenols is 3. The molecular formula is C15H17O6P. The summed E-state index contributed by atoms with van der Waals surface area (Å²) in [5.41, 5.74) is 0.664. The van der Waals surface area contributed by atoms with Gasteiger partial charge in [-0.05, 0) is 30.2 Å². The highest BCUT2D eigenvalue weighted by Crippen LogP contribution is 2.44. The van der Waals surface area contributed by atoms with Crippen molar-refractivity contribution in [2.75, 3.05) is 0 Å². The van der Waals surface area contributed by atoms with Crippen LogP contribution in [0.4, 0.5) is 0 Å². The van der Waals surface area contributed by atoms with Gasteiger partial charge in [-0.1, -0.05) is 19.1 Å². The van der Waals surface area contributed by atoms with Crippen LogP contribution in [-0.2, 0) is 4.57 Å². The maximum absolute atomic E-state index is 11.7. The average Bonchev–Trinajstić information content (AvgIpc) is 2.40. The summed E-state index contributed by atoms with van der Waals surface area (Å²) in [7, 11) is -4.69. The van der Waals surface area contributed by atoms with Crippen molar-refractivity contribution in [1.82, 2.24) is 0 Å². The fourth-order valence-corrected chi connectivity index (χ4v) is 3.44. The summed E-state index contributed by atoms with van der Waals surface area (Å²) in [5.74, 6) is -1.33. The first-order chi connectivity index (χ1) is 10.2. The molecule has 0 saturated heterocycles. The zero-order chi connectivity index (χ0) is 16.5. The van der Waals surface area contributed by atoms with E-state index in [2.05, 4.69) is 0 Å². The molecule has 0 fully saturated rings. The second-order valence-corrected chi connectivity index (χ2v) is 6.57. The van der Waals surface area contributed by atoms with E-state index in [1.807, 2.05) is 0 Å². The Kier molecular flexibility index (Phi) is 4.47. The molecule has 0 aliphatic heterocycles. The molecule has 0 saturated carbocycles. The second kappa shape index (κ2) is 6.01. The van der Waals surface area contributed by atoms with E-state index in [1.165, 1.54) is 12.1 Å². The Morgan fingerprint density at radius 1 is 1.05 bits per heavy atom. The van der Waals surface area contributed by atoms with Crippen molar-refractivity contribution in [3.05, 3.63) is 47.5 Å². The average molecular weight is 324 g/mol. The van der Waals surface area contributed by atoms with Crippen LogP contribution < -0.4 is 5.30 Å². The third kappa shape index (κ3) is 3.25. The minimum absolute atomic E-state index is 0.0203. The third-order valence-electron chi connectivity index (χ3n) is 3.46. The largest absolute Gasteiger partial charge is 0.508 e. The minimum atomic E-state index is -4.69. The Bertz CT molecular complexity index is 737. The molecule has 118 valence electrons. The van der Waals surface area contributed by atoms with Gasteiger partial charge < -0.3 is 25.1 Å². The van der Waals surface area contributed by atoms with Gasteiger partial charge >= 0.3 is 7.60 Å². The topological polar surface area (TPSA) is 118 Å². The third-order valence-corrected chi connectivity index (χ3v) is 4.46. The smallest absolute Gasteiger partial charge is 0.356 e. The van der Waals surface area contributed by atoms with Gasteiger partial charge in [-0.25, -0.2) is 0 Å². The van der Waals surface area contributed by atoms with E-state index in [1.54, 1.807) is 19.1 Å². The molecule has 0 aliphatic rings. The molecule has 7 heteroatoms. The fraction of sp³-hybridized carbons (Fsp3) is 0.200. The maximum atomic E-state index is 11.7. The highest BCUT2D eigenvalue weighted by Gasteiger charge is 2.29. The molecule has 2 rings (SSSR count). The highest BCUT2D eigenvalue weighted by molar-refractivity contribution is 7.60. The summed E-state index contributed by atoms with van der Waals surface area (Å²) in [6.07, 6.45) is 0.439. The number of hydrogen-bond acceptors (Lipinski definition) is 4. The number of hydrogen-bond donors (Lipinski definition) is 5. The van der Waals surface area contributed by atoms with Gasteiger partial charge in [0.05, 0.1) is 5.30 Å². The maximum Gasteiger partial charge on any atom is 0.356 e. The van der Waals surface area contributed by atoms with Crippen LogP contribution in [0.15, 0.2) is 36.4 Å². The number of benzene rings is 2. The SMILES string of the molecule is CCC(c1cccc(O)c1)c1c(O)cc(O)cc1P(=O)(O)O. The van der Waals surface area contributed by atoms with Gasteiger partial charge in [0.2, 0.25) is 0 Å². The van der Waals surface area contributed by atoms with E-state index in [0.717, 1.165) is 12.1 Å². The van der Waals surface area contributed by atoms with Crippen LogP contribution in [0.3, 0.4) is 0 Å². The fourth-order valence-electron chi connectivity index (χ4n) is 2.55. The molecule has 22 heavy (non-hydrogen) atoms. The molecule has 1 unspecified atom stereocenters. The van der Waals surface area contributed by atoms with Gasteiger partial charge in [-0.3, -0.25) is 4.57 Å². The van der Waals surface area contributed by atoms with E-state index < -0.39 is 30.3 Å². The van der Waals surface area contributed by atoms with Crippen LogP contribution in [-0.4, -0.2) is 25.1 Å². The van der Waals surface area contributed by atoms with Gasteiger partial charge in [0.1, 0.15) is 17.2 Å². The molecule has 0 spiro atoms. The van der Waals surface area contributed by atoms with Gasteiger partial charge in [0, 0.05) is 17.5 Å². The van der Waals surface area contributed by atoms with Gasteiger partial charge in [-0.2, -0.15) is 0 Å². The Balaban J connectivity index is 2.71. The van der Waals surface area contributed by atoms with Crippen LogP contribution in [0.5, 0.6) is 17.2 Å². The predicted octanol–water partition coefficient (Wildman–Crippen LogP) is 2.15. The Hall–Kier alpha value is -2.01. The Morgan fingerprint density at radius 2 is 1.73 bits per heavy atom. The molecule has 0 radical (unpaired) electrons. The molecule has 1 atom stereocenters. The van der Waals surface area contributed by atoms with Crippen molar-refractivity contribution in [3.63, 3.8) is 0 Å². The first-order valence-electron chi connectivity index (χ1n) is 6.65. The van der Waals surface area contributed by atoms with Gasteiger partial charge in [0.25, 0.3) is 0 Å². The molecule has 0 aliphatic carbocycles. The van der Waals surface area contributed by atoms with Crippen molar-refractivity contribution in [1.29, 1.82) is 0 Å². The van der Waals surface area contributed by atoms with Crippen molar-refractivity contribution in [2.24, 2.45) is 0 Å². The number of phenolic OH excluding ortho intramolecular Hbond substituents is 3. The summed E-state index contributed by atoms with van der Waals surface area (Å²) in [6, 6.07) is 8.27. The molecule has 6 nitrogen and oxygen atoms in total. The Labute approximate surface area is 127 Å². The van der Waals surface area contributed by atoms with Crippen LogP contribution in [0, 0.1) is 0 Å². The predicted molar refractivity (Wildman–Crippen MR) is 81.7 cm³/mol. The first kappa shape index (κ1) is 16.4. The molecule has 5 N–H and O–H groups in total. The van der Waals surface area contributed by atoms with Gasteiger partial charge in [-0.15, -0.1) is 0 Å². The van der Waals surface area contributed by atoms with E-state index in [4.69, 9.17) is 0 Å². The lowest BCUT2D eigenvalue weighted by molar-refractivity contribution is 0.385. The summed E-state index contributed by atoms with van der Waals surface area (Å²) < 4.78 is 11.7. The lowest BCUT2D eigenvalue weighted by Gasteiger charge is -2.22. The van der Waals surface area contributed by atoms with Crippen molar-refractivity contribution < 1.29 is 29.7 Å². The highest BCUT2D eigenvalue weighted by atomic mass is 31.2. The standard InChI is InChI=1S/C15H17O6P/c1-2-12(9-4-3-5-10(16)6-9)15-13(18)7-11(17)8-14(15)22(19,20)21/h3-8,12,16-18H,2H2,1H3,(H2,19,20,21). The summed E-state index contributed by atoms with van der Waals surface area (Å²) in [4.78, 5) is 19.0. The quantitative estimate of drug-likeness (QED) is 0.550. The molecule has 0 amide bonds. The first-order valence-corrected chi connectivity index (χ1v) is 8.26. The summed E-state index contributed by atoms with van der Waals surface area (Å²) in [5, 5.41) is 28.8. The molecule has 2 aromatic carbocycles. The second-order valence-electron chi connectivity index (χ2n) is 5.00. The van der Waals surface area contributed by atoms with Crippen LogP contribution >= 0.6 is 7.60 Å². The van der Waals surface area contributed by atoms with E-state index in [9.17, 15) is 29.7 Å². The van der Waals surface area contributed by atoms with Crippen LogP contribution in [0.25, 0.3) is 0 Å². The van der Waals surface area contributed by atoms with Crippen molar-refractivity contribution in [2.45, 2.75) is 19.3 Å². The summed E-state index contributed by atoms with van der Waals surface area (Å²) in [6.45, 7) is 1.80. The molecule has 0 heterocycles.